The molecule has 0 radical (unpaired) electrons. The van der Waals surface area contributed by atoms with Gasteiger partial charge in [-0.05, 0) is 38.6 Å². The topological polar surface area (TPSA) is 85.3 Å². The number of aryl methyl sites for hydroxylation is 1. The maximum atomic E-state index is 10.9. The zero-order chi connectivity index (χ0) is 13.8. The Hall–Kier alpha value is -1.69. The van der Waals surface area contributed by atoms with Crippen LogP contribution in [-0.4, -0.2) is 29.5 Å². The van der Waals surface area contributed by atoms with E-state index in [0.29, 0.717) is 17.3 Å². The summed E-state index contributed by atoms with van der Waals surface area (Å²) in [6, 6.07) is 1.58. The second-order valence-corrected chi connectivity index (χ2v) is 5.09. The minimum Gasteiger partial charge on any atom is -0.356 e. The van der Waals surface area contributed by atoms with Crippen LogP contribution in [0.3, 0.4) is 0 Å². The number of aromatic nitrogens is 1. The third kappa shape index (κ3) is 3.20. The fraction of sp³-hybridized carbons (Fsp3) is 0.615. The molecule has 19 heavy (non-hydrogen) atoms. The van der Waals surface area contributed by atoms with E-state index in [-0.39, 0.29) is 10.6 Å². The predicted octanol–water partition coefficient (Wildman–Crippen LogP) is 1.86. The van der Waals surface area contributed by atoms with Gasteiger partial charge in [-0.1, -0.05) is 0 Å². The largest absolute Gasteiger partial charge is 0.356 e. The fourth-order valence-electron chi connectivity index (χ4n) is 2.56. The standard InChI is InChI=1S/C13H20N4O2/c1-10-9-15-13(8-12(10)17(18)19)16-6-3-11(2-5-14)4-7-16/h8-9,11H,2-7,14H2,1H3. The summed E-state index contributed by atoms with van der Waals surface area (Å²) in [5.41, 5.74) is 6.32. The molecule has 1 aliphatic heterocycles. The van der Waals surface area contributed by atoms with E-state index in [4.69, 9.17) is 5.73 Å². The number of nitrogens with two attached hydrogens (primary N) is 1. The summed E-state index contributed by atoms with van der Waals surface area (Å²) in [4.78, 5) is 17.0. The molecular weight excluding hydrogens is 244 g/mol. The van der Waals surface area contributed by atoms with Gasteiger partial charge in [0.15, 0.2) is 0 Å². The quantitative estimate of drug-likeness (QED) is 0.662. The Bertz CT molecular complexity index is 456. The summed E-state index contributed by atoms with van der Waals surface area (Å²) in [7, 11) is 0. The van der Waals surface area contributed by atoms with Crippen LogP contribution >= 0.6 is 0 Å². The van der Waals surface area contributed by atoms with Crippen molar-refractivity contribution in [2.75, 3.05) is 24.5 Å². The highest BCUT2D eigenvalue weighted by atomic mass is 16.6. The van der Waals surface area contributed by atoms with Gasteiger partial charge in [0.1, 0.15) is 5.82 Å². The number of piperidine rings is 1. The molecule has 1 saturated heterocycles. The van der Waals surface area contributed by atoms with Gasteiger partial charge in [-0.25, -0.2) is 4.98 Å². The van der Waals surface area contributed by atoms with Crippen LogP contribution in [0.2, 0.25) is 0 Å². The Morgan fingerprint density at radius 3 is 2.79 bits per heavy atom. The molecule has 1 aliphatic rings. The average Bonchev–Trinajstić information content (AvgIpc) is 2.40. The van der Waals surface area contributed by atoms with Gasteiger partial charge in [-0.3, -0.25) is 10.1 Å². The van der Waals surface area contributed by atoms with Crippen molar-refractivity contribution in [3.05, 3.63) is 27.9 Å². The molecule has 2 heterocycles. The Kier molecular flexibility index (Phi) is 4.31. The van der Waals surface area contributed by atoms with Gasteiger partial charge in [0, 0.05) is 24.8 Å². The van der Waals surface area contributed by atoms with Gasteiger partial charge >= 0.3 is 0 Å². The molecule has 6 nitrogen and oxygen atoms in total. The van der Waals surface area contributed by atoms with Crippen LogP contribution in [-0.2, 0) is 0 Å². The smallest absolute Gasteiger partial charge is 0.277 e. The molecular formula is C13H20N4O2. The number of anilines is 1. The van der Waals surface area contributed by atoms with Crippen LogP contribution in [0.25, 0.3) is 0 Å². The highest BCUT2D eigenvalue weighted by Crippen LogP contribution is 2.27. The molecule has 1 fully saturated rings. The number of nitro groups is 1. The number of hydrogen-bond acceptors (Lipinski definition) is 5. The van der Waals surface area contributed by atoms with Crippen LogP contribution in [0.5, 0.6) is 0 Å². The van der Waals surface area contributed by atoms with Crippen molar-refractivity contribution in [1.82, 2.24) is 4.98 Å². The summed E-state index contributed by atoms with van der Waals surface area (Å²) in [5.74, 6) is 1.39. The molecule has 1 aromatic heterocycles. The zero-order valence-corrected chi connectivity index (χ0v) is 11.2. The number of rotatable bonds is 4. The average molecular weight is 264 g/mol. The number of hydrogen-bond donors (Lipinski definition) is 1. The Morgan fingerprint density at radius 1 is 1.53 bits per heavy atom. The predicted molar refractivity (Wildman–Crippen MR) is 74.2 cm³/mol. The molecule has 104 valence electrons. The third-order valence-corrected chi connectivity index (χ3v) is 3.77. The van der Waals surface area contributed by atoms with Crippen molar-refractivity contribution in [1.29, 1.82) is 0 Å². The Balaban J connectivity index is 2.07. The monoisotopic (exact) mass is 264 g/mol. The van der Waals surface area contributed by atoms with Gasteiger partial charge in [0.2, 0.25) is 0 Å². The van der Waals surface area contributed by atoms with Crippen LogP contribution < -0.4 is 10.6 Å². The number of nitrogens with zero attached hydrogens (tertiary/aromatic N) is 3. The van der Waals surface area contributed by atoms with Crippen LogP contribution in [0.1, 0.15) is 24.8 Å². The molecule has 6 heteroatoms. The van der Waals surface area contributed by atoms with E-state index >= 15 is 0 Å². The summed E-state index contributed by atoms with van der Waals surface area (Å²) >= 11 is 0. The zero-order valence-electron chi connectivity index (χ0n) is 11.2. The SMILES string of the molecule is Cc1cnc(N2CCC(CCN)CC2)cc1[N+](=O)[O-]. The highest BCUT2D eigenvalue weighted by molar-refractivity contribution is 5.50. The first-order chi connectivity index (χ1) is 9.11. The molecule has 0 aromatic carbocycles. The lowest BCUT2D eigenvalue weighted by Gasteiger charge is -2.32. The lowest BCUT2D eigenvalue weighted by Crippen LogP contribution is -2.34. The maximum Gasteiger partial charge on any atom is 0.277 e. The first-order valence-corrected chi connectivity index (χ1v) is 6.68. The van der Waals surface area contributed by atoms with E-state index in [1.807, 2.05) is 0 Å². The van der Waals surface area contributed by atoms with E-state index in [2.05, 4.69) is 9.88 Å². The van der Waals surface area contributed by atoms with Crippen LogP contribution in [0.4, 0.5) is 11.5 Å². The summed E-state index contributed by atoms with van der Waals surface area (Å²) in [6.07, 6.45) is 4.82. The molecule has 2 N–H and O–H groups in total. The molecule has 0 spiro atoms. The van der Waals surface area contributed by atoms with Crippen LogP contribution in [0, 0.1) is 23.0 Å². The molecule has 0 saturated carbocycles. The van der Waals surface area contributed by atoms with Crippen LogP contribution in [0.15, 0.2) is 12.3 Å². The normalized spacial score (nSPS) is 16.6. The second-order valence-electron chi connectivity index (χ2n) is 5.09. The molecule has 1 aromatic rings. The highest BCUT2D eigenvalue weighted by Gasteiger charge is 2.21. The van der Waals surface area contributed by atoms with E-state index in [0.717, 1.165) is 38.9 Å². The van der Waals surface area contributed by atoms with Gasteiger partial charge in [-0.2, -0.15) is 0 Å². The van der Waals surface area contributed by atoms with Gasteiger partial charge in [0.05, 0.1) is 11.0 Å². The van der Waals surface area contributed by atoms with Crippen molar-refractivity contribution >= 4 is 11.5 Å². The maximum absolute atomic E-state index is 10.9. The first-order valence-electron chi connectivity index (χ1n) is 6.68. The Morgan fingerprint density at radius 2 is 2.21 bits per heavy atom. The fourth-order valence-corrected chi connectivity index (χ4v) is 2.56. The second kappa shape index (κ2) is 5.97. The van der Waals surface area contributed by atoms with Crippen molar-refractivity contribution in [2.45, 2.75) is 26.2 Å². The molecule has 0 aliphatic carbocycles. The molecule has 0 bridgehead atoms. The minimum absolute atomic E-state index is 0.147. The van der Waals surface area contributed by atoms with E-state index in [1.165, 1.54) is 0 Å². The number of pyridine rings is 1. The molecule has 0 unspecified atom stereocenters. The van der Waals surface area contributed by atoms with Gasteiger partial charge in [0.25, 0.3) is 5.69 Å². The third-order valence-electron chi connectivity index (χ3n) is 3.77. The minimum atomic E-state index is -0.346. The van der Waals surface area contributed by atoms with E-state index in [1.54, 1.807) is 19.2 Å². The van der Waals surface area contributed by atoms with Gasteiger partial charge < -0.3 is 10.6 Å². The summed E-state index contributed by atoms with van der Waals surface area (Å²) < 4.78 is 0. The van der Waals surface area contributed by atoms with Crippen molar-refractivity contribution < 1.29 is 4.92 Å². The van der Waals surface area contributed by atoms with E-state index in [9.17, 15) is 10.1 Å². The summed E-state index contributed by atoms with van der Waals surface area (Å²) in [5, 5.41) is 10.9. The van der Waals surface area contributed by atoms with Crippen molar-refractivity contribution in [2.24, 2.45) is 11.7 Å². The molecule has 0 atom stereocenters. The Labute approximate surface area is 112 Å². The van der Waals surface area contributed by atoms with Crippen molar-refractivity contribution in [3.8, 4) is 0 Å². The first kappa shape index (κ1) is 13.7. The molecule has 0 amide bonds. The van der Waals surface area contributed by atoms with Gasteiger partial charge in [-0.15, -0.1) is 0 Å². The summed E-state index contributed by atoms with van der Waals surface area (Å²) in [6.45, 7) is 4.25. The lowest BCUT2D eigenvalue weighted by atomic mass is 9.93. The lowest BCUT2D eigenvalue weighted by molar-refractivity contribution is -0.385. The van der Waals surface area contributed by atoms with Crippen molar-refractivity contribution in [3.63, 3.8) is 0 Å². The van der Waals surface area contributed by atoms with E-state index < -0.39 is 0 Å². The molecule has 2 rings (SSSR count).